The average Bonchev–Trinajstić information content (AvgIpc) is 3.22. The van der Waals surface area contributed by atoms with Gasteiger partial charge < -0.3 is 4.90 Å². The summed E-state index contributed by atoms with van der Waals surface area (Å²) < 4.78 is 3.77. The molecule has 0 aliphatic heterocycles. The molecular weight excluding hydrogens is 398 g/mol. The molecule has 0 spiro atoms. The topological polar surface area (TPSA) is 55.4 Å². The SMILES string of the molecule is Cc1nn(-c2ccccc2)c(C)c1CN(C)C(=O)/C=C\c1c(Cl)nc2ccccn12. The summed E-state index contributed by atoms with van der Waals surface area (Å²) in [6.07, 6.45) is 5.09. The minimum absolute atomic E-state index is 0.122. The lowest BCUT2D eigenvalue weighted by Crippen LogP contribution is -2.24. The van der Waals surface area contributed by atoms with Crippen LogP contribution in [0.15, 0.2) is 60.8 Å². The third-order valence-corrected chi connectivity index (χ3v) is 5.40. The number of pyridine rings is 1. The third-order valence-electron chi connectivity index (χ3n) is 5.12. The Kier molecular flexibility index (Phi) is 5.42. The summed E-state index contributed by atoms with van der Waals surface area (Å²) in [5, 5.41) is 5.02. The number of nitrogens with zero attached hydrogens (tertiary/aromatic N) is 5. The first-order chi connectivity index (χ1) is 14.5. The van der Waals surface area contributed by atoms with E-state index in [1.807, 2.05) is 77.7 Å². The van der Waals surface area contributed by atoms with Crippen LogP contribution in [0.4, 0.5) is 0 Å². The van der Waals surface area contributed by atoms with Crippen molar-refractivity contribution in [2.45, 2.75) is 20.4 Å². The zero-order valence-electron chi connectivity index (χ0n) is 17.1. The largest absolute Gasteiger partial charge is 0.338 e. The standard InChI is InChI=1S/C23H22ClN5O/c1-16-19(17(2)29(26-16)18-9-5-4-6-10-18)15-27(3)22(30)13-12-20-23(24)25-21-11-7-8-14-28(20)21/h4-14H,15H2,1-3H3/b13-12-. The summed E-state index contributed by atoms with van der Waals surface area (Å²) in [5.74, 6) is -0.122. The van der Waals surface area contributed by atoms with Crippen molar-refractivity contribution in [1.82, 2.24) is 24.1 Å². The maximum Gasteiger partial charge on any atom is 0.246 e. The van der Waals surface area contributed by atoms with Crippen molar-refractivity contribution in [2.75, 3.05) is 7.05 Å². The molecule has 7 heteroatoms. The molecule has 4 rings (SSSR count). The van der Waals surface area contributed by atoms with Crippen LogP contribution < -0.4 is 0 Å². The molecular formula is C23H22ClN5O. The van der Waals surface area contributed by atoms with Gasteiger partial charge in [-0.05, 0) is 44.2 Å². The van der Waals surface area contributed by atoms with Gasteiger partial charge in [0.05, 0.1) is 17.1 Å². The summed E-state index contributed by atoms with van der Waals surface area (Å²) in [6.45, 7) is 4.46. The smallest absolute Gasteiger partial charge is 0.246 e. The Morgan fingerprint density at radius 2 is 1.87 bits per heavy atom. The zero-order valence-corrected chi connectivity index (χ0v) is 17.8. The number of para-hydroxylation sites is 1. The molecule has 3 heterocycles. The fraction of sp³-hybridized carbons (Fsp3) is 0.174. The number of halogens is 1. The highest BCUT2D eigenvalue weighted by atomic mass is 35.5. The van der Waals surface area contributed by atoms with Crippen molar-refractivity contribution in [3.8, 4) is 5.69 Å². The second-order valence-electron chi connectivity index (χ2n) is 7.14. The maximum absolute atomic E-state index is 12.7. The predicted molar refractivity (Wildman–Crippen MR) is 119 cm³/mol. The lowest BCUT2D eigenvalue weighted by atomic mass is 10.2. The predicted octanol–water partition coefficient (Wildman–Crippen LogP) is 4.46. The molecule has 6 nitrogen and oxygen atoms in total. The molecule has 0 saturated carbocycles. The minimum Gasteiger partial charge on any atom is -0.338 e. The number of carbonyl (C=O) groups excluding carboxylic acids is 1. The van der Waals surface area contributed by atoms with Gasteiger partial charge in [0.25, 0.3) is 0 Å². The first kappa shape index (κ1) is 19.9. The van der Waals surface area contributed by atoms with Gasteiger partial charge >= 0.3 is 0 Å². The molecule has 0 N–H and O–H groups in total. The lowest BCUT2D eigenvalue weighted by Gasteiger charge is -2.15. The Morgan fingerprint density at radius 1 is 1.13 bits per heavy atom. The highest BCUT2D eigenvalue weighted by molar-refractivity contribution is 6.31. The van der Waals surface area contributed by atoms with E-state index in [-0.39, 0.29) is 5.91 Å². The second kappa shape index (κ2) is 8.16. The fourth-order valence-corrected chi connectivity index (χ4v) is 3.69. The summed E-state index contributed by atoms with van der Waals surface area (Å²) in [6, 6.07) is 15.6. The van der Waals surface area contributed by atoms with Gasteiger partial charge in [0.1, 0.15) is 5.65 Å². The van der Waals surface area contributed by atoms with Crippen molar-refractivity contribution in [2.24, 2.45) is 0 Å². The van der Waals surface area contributed by atoms with Crippen molar-refractivity contribution < 1.29 is 4.79 Å². The molecule has 1 aromatic carbocycles. The number of aryl methyl sites for hydroxylation is 1. The van der Waals surface area contributed by atoms with E-state index in [0.29, 0.717) is 17.4 Å². The molecule has 0 bridgehead atoms. The summed E-state index contributed by atoms with van der Waals surface area (Å²) in [4.78, 5) is 18.7. The van der Waals surface area contributed by atoms with Crippen molar-refractivity contribution >= 4 is 29.2 Å². The van der Waals surface area contributed by atoms with Gasteiger partial charge in [-0.1, -0.05) is 35.9 Å². The van der Waals surface area contributed by atoms with Crippen molar-refractivity contribution in [1.29, 1.82) is 0 Å². The first-order valence-corrected chi connectivity index (χ1v) is 10.00. The molecule has 0 aliphatic carbocycles. The lowest BCUT2D eigenvalue weighted by molar-refractivity contribution is -0.125. The maximum atomic E-state index is 12.7. The van der Waals surface area contributed by atoms with E-state index < -0.39 is 0 Å². The van der Waals surface area contributed by atoms with E-state index in [4.69, 9.17) is 11.6 Å². The number of hydrogen-bond donors (Lipinski definition) is 0. The Balaban J connectivity index is 1.54. The second-order valence-corrected chi connectivity index (χ2v) is 7.50. The molecule has 0 aliphatic rings. The van der Waals surface area contributed by atoms with Crippen LogP contribution in [0.3, 0.4) is 0 Å². The van der Waals surface area contributed by atoms with Gasteiger partial charge in [-0.25, -0.2) is 9.67 Å². The molecule has 0 fully saturated rings. The Hall–Kier alpha value is -3.38. The van der Waals surface area contributed by atoms with Gasteiger partial charge in [0.2, 0.25) is 5.91 Å². The van der Waals surface area contributed by atoms with E-state index in [0.717, 1.165) is 28.3 Å². The van der Waals surface area contributed by atoms with Crippen LogP contribution in [0.1, 0.15) is 22.6 Å². The van der Waals surface area contributed by atoms with E-state index >= 15 is 0 Å². The molecule has 152 valence electrons. The monoisotopic (exact) mass is 419 g/mol. The number of carbonyl (C=O) groups is 1. The van der Waals surface area contributed by atoms with Crippen LogP contribution in [0, 0.1) is 13.8 Å². The third kappa shape index (κ3) is 3.74. The van der Waals surface area contributed by atoms with Crippen LogP contribution >= 0.6 is 11.6 Å². The fourth-order valence-electron chi connectivity index (χ4n) is 3.45. The number of likely N-dealkylation sites (N-methyl/N-ethyl adjacent to an activating group) is 1. The number of aromatic nitrogens is 4. The van der Waals surface area contributed by atoms with Gasteiger partial charge in [0.15, 0.2) is 5.15 Å². The van der Waals surface area contributed by atoms with Crippen LogP contribution in [-0.2, 0) is 11.3 Å². The minimum atomic E-state index is -0.122. The van der Waals surface area contributed by atoms with Crippen LogP contribution in [0.2, 0.25) is 5.15 Å². The number of amides is 1. The molecule has 0 unspecified atom stereocenters. The van der Waals surface area contributed by atoms with Crippen molar-refractivity contribution in [3.05, 3.63) is 88.6 Å². The van der Waals surface area contributed by atoms with E-state index in [1.165, 1.54) is 6.08 Å². The van der Waals surface area contributed by atoms with Gasteiger partial charge in [-0.15, -0.1) is 0 Å². The number of fused-ring (bicyclic) bond motifs is 1. The molecule has 0 saturated heterocycles. The highest BCUT2D eigenvalue weighted by Crippen LogP contribution is 2.21. The molecule has 4 aromatic rings. The van der Waals surface area contributed by atoms with Gasteiger partial charge in [-0.3, -0.25) is 9.20 Å². The Labute approximate surface area is 180 Å². The Morgan fingerprint density at radius 3 is 2.63 bits per heavy atom. The number of hydrogen-bond acceptors (Lipinski definition) is 3. The molecule has 1 amide bonds. The number of rotatable bonds is 5. The molecule has 0 atom stereocenters. The highest BCUT2D eigenvalue weighted by Gasteiger charge is 2.16. The number of imidazole rings is 1. The first-order valence-electron chi connectivity index (χ1n) is 9.62. The Bertz CT molecular complexity index is 1240. The average molecular weight is 420 g/mol. The number of benzene rings is 1. The summed E-state index contributed by atoms with van der Waals surface area (Å²) in [5.41, 5.74) is 5.38. The molecule has 0 radical (unpaired) electrons. The van der Waals surface area contributed by atoms with E-state index in [1.54, 1.807) is 18.0 Å². The van der Waals surface area contributed by atoms with Gasteiger partial charge in [0, 0.05) is 37.1 Å². The van der Waals surface area contributed by atoms with Crippen molar-refractivity contribution in [3.63, 3.8) is 0 Å². The van der Waals surface area contributed by atoms with Crippen LogP contribution in [-0.4, -0.2) is 37.0 Å². The zero-order chi connectivity index (χ0) is 21.3. The molecule has 30 heavy (non-hydrogen) atoms. The van der Waals surface area contributed by atoms with E-state index in [2.05, 4.69) is 10.1 Å². The van der Waals surface area contributed by atoms with Crippen LogP contribution in [0.25, 0.3) is 17.4 Å². The summed E-state index contributed by atoms with van der Waals surface area (Å²) in [7, 11) is 1.78. The molecule has 3 aromatic heterocycles. The normalized spacial score (nSPS) is 11.5. The van der Waals surface area contributed by atoms with E-state index in [9.17, 15) is 4.79 Å². The quantitative estimate of drug-likeness (QED) is 0.449. The van der Waals surface area contributed by atoms with Crippen LogP contribution in [0.5, 0.6) is 0 Å². The summed E-state index contributed by atoms with van der Waals surface area (Å²) >= 11 is 6.24. The van der Waals surface area contributed by atoms with Gasteiger partial charge in [-0.2, -0.15) is 5.10 Å².